The van der Waals surface area contributed by atoms with Gasteiger partial charge in [-0.1, -0.05) is 12.1 Å². The average Bonchev–Trinajstić information content (AvgIpc) is 3.21. The van der Waals surface area contributed by atoms with Crippen LogP contribution in [0.25, 0.3) is 5.82 Å². The number of nitrogens with one attached hydrogen (secondary N) is 1. The Balaban J connectivity index is 1.65. The van der Waals surface area contributed by atoms with Gasteiger partial charge in [0, 0.05) is 30.7 Å². The van der Waals surface area contributed by atoms with Crippen LogP contribution in [0.3, 0.4) is 0 Å². The van der Waals surface area contributed by atoms with Gasteiger partial charge in [-0.2, -0.15) is 0 Å². The summed E-state index contributed by atoms with van der Waals surface area (Å²) < 4.78 is 12.3. The fourth-order valence-electron chi connectivity index (χ4n) is 2.62. The summed E-state index contributed by atoms with van der Waals surface area (Å²) in [5.41, 5.74) is 1.76. The van der Waals surface area contributed by atoms with Crippen molar-refractivity contribution in [1.82, 2.24) is 19.9 Å². The van der Waals surface area contributed by atoms with Gasteiger partial charge < -0.3 is 14.8 Å². The molecular formula is C19H20N4O3. The van der Waals surface area contributed by atoms with Crippen molar-refractivity contribution in [3.8, 4) is 17.3 Å². The van der Waals surface area contributed by atoms with Crippen LogP contribution in [0.1, 0.15) is 11.1 Å². The fraction of sp³-hybridized carbons (Fsp3) is 0.211. The smallest absolute Gasteiger partial charge is 0.224 e. The summed E-state index contributed by atoms with van der Waals surface area (Å²) in [5, 5.41) is 2.93. The molecule has 2 aromatic heterocycles. The standard InChI is InChI=1S/C19H20N4O3/c1-25-16-6-5-14(10-17(16)26-2)11-18(24)22-12-15-4-3-7-21-19(15)23-9-8-20-13-23/h3-10,13H,11-12H2,1-2H3,(H,22,24). The number of amides is 1. The molecular weight excluding hydrogens is 332 g/mol. The fourth-order valence-corrected chi connectivity index (χ4v) is 2.62. The van der Waals surface area contributed by atoms with Gasteiger partial charge >= 0.3 is 0 Å². The molecule has 0 unspecified atom stereocenters. The Hall–Kier alpha value is -3.35. The molecule has 1 N–H and O–H groups in total. The number of nitrogens with zero attached hydrogens (tertiary/aromatic N) is 3. The zero-order valence-electron chi connectivity index (χ0n) is 14.7. The number of hydrogen-bond acceptors (Lipinski definition) is 5. The number of ether oxygens (including phenoxy) is 2. The average molecular weight is 352 g/mol. The van der Waals surface area contributed by atoms with Crippen molar-refractivity contribution < 1.29 is 14.3 Å². The van der Waals surface area contributed by atoms with Gasteiger partial charge in [-0.3, -0.25) is 9.36 Å². The molecule has 0 radical (unpaired) electrons. The van der Waals surface area contributed by atoms with Gasteiger partial charge in [0.15, 0.2) is 11.5 Å². The number of pyridine rings is 1. The minimum Gasteiger partial charge on any atom is -0.493 e. The van der Waals surface area contributed by atoms with E-state index in [1.165, 1.54) is 0 Å². The van der Waals surface area contributed by atoms with E-state index in [4.69, 9.17) is 9.47 Å². The lowest BCUT2D eigenvalue weighted by molar-refractivity contribution is -0.120. The van der Waals surface area contributed by atoms with E-state index in [2.05, 4.69) is 15.3 Å². The van der Waals surface area contributed by atoms with Crippen molar-refractivity contribution in [2.45, 2.75) is 13.0 Å². The predicted octanol–water partition coefficient (Wildman–Crippen LogP) is 2.14. The Morgan fingerprint density at radius 3 is 2.73 bits per heavy atom. The van der Waals surface area contributed by atoms with Gasteiger partial charge in [0.05, 0.1) is 20.6 Å². The Morgan fingerprint density at radius 1 is 1.15 bits per heavy atom. The van der Waals surface area contributed by atoms with Crippen LogP contribution in [0.5, 0.6) is 11.5 Å². The number of carbonyl (C=O) groups excluding carboxylic acids is 1. The number of carbonyl (C=O) groups is 1. The third-order valence-corrected chi connectivity index (χ3v) is 3.91. The molecule has 3 rings (SSSR count). The second-order valence-corrected chi connectivity index (χ2v) is 5.60. The summed E-state index contributed by atoms with van der Waals surface area (Å²) >= 11 is 0. The number of rotatable bonds is 7. The van der Waals surface area contributed by atoms with Gasteiger partial charge in [-0.25, -0.2) is 9.97 Å². The van der Waals surface area contributed by atoms with Crippen LogP contribution in [-0.4, -0.2) is 34.7 Å². The van der Waals surface area contributed by atoms with E-state index >= 15 is 0 Å². The largest absolute Gasteiger partial charge is 0.493 e. The SMILES string of the molecule is COc1ccc(CC(=O)NCc2cccnc2-n2ccnc2)cc1OC. The Morgan fingerprint density at radius 2 is 2.00 bits per heavy atom. The maximum atomic E-state index is 12.3. The van der Waals surface area contributed by atoms with E-state index in [1.54, 1.807) is 45.1 Å². The lowest BCUT2D eigenvalue weighted by Gasteiger charge is -2.11. The van der Waals surface area contributed by atoms with Crippen LogP contribution in [0.15, 0.2) is 55.2 Å². The topological polar surface area (TPSA) is 78.3 Å². The van der Waals surface area contributed by atoms with E-state index < -0.39 is 0 Å². The first-order valence-electron chi connectivity index (χ1n) is 8.11. The highest BCUT2D eigenvalue weighted by Gasteiger charge is 2.10. The summed E-state index contributed by atoms with van der Waals surface area (Å²) in [6.45, 7) is 0.382. The Labute approximate surface area is 151 Å². The van der Waals surface area contributed by atoms with Crippen LogP contribution in [0.2, 0.25) is 0 Å². The number of aromatic nitrogens is 3. The molecule has 0 saturated carbocycles. The number of imidazole rings is 1. The van der Waals surface area contributed by atoms with Gasteiger partial charge in [0.25, 0.3) is 0 Å². The molecule has 7 heteroatoms. The molecule has 7 nitrogen and oxygen atoms in total. The molecule has 3 aromatic rings. The molecule has 2 heterocycles. The molecule has 1 amide bonds. The maximum Gasteiger partial charge on any atom is 0.224 e. The highest BCUT2D eigenvalue weighted by atomic mass is 16.5. The number of hydrogen-bond donors (Lipinski definition) is 1. The second-order valence-electron chi connectivity index (χ2n) is 5.60. The van der Waals surface area contributed by atoms with Gasteiger partial charge in [-0.05, 0) is 23.8 Å². The highest BCUT2D eigenvalue weighted by Crippen LogP contribution is 2.27. The van der Waals surface area contributed by atoms with E-state index in [-0.39, 0.29) is 12.3 Å². The van der Waals surface area contributed by atoms with Crippen molar-refractivity contribution in [2.75, 3.05) is 14.2 Å². The van der Waals surface area contributed by atoms with Crippen molar-refractivity contribution in [3.63, 3.8) is 0 Å². The van der Waals surface area contributed by atoms with E-state index in [1.807, 2.05) is 29.0 Å². The molecule has 0 aliphatic rings. The monoisotopic (exact) mass is 352 g/mol. The van der Waals surface area contributed by atoms with Crippen LogP contribution < -0.4 is 14.8 Å². The first kappa shape index (κ1) is 17.5. The van der Waals surface area contributed by atoms with E-state index in [0.29, 0.717) is 18.0 Å². The number of methoxy groups -OCH3 is 2. The molecule has 0 atom stereocenters. The molecule has 26 heavy (non-hydrogen) atoms. The second kappa shape index (κ2) is 8.15. The predicted molar refractivity (Wildman–Crippen MR) is 96.5 cm³/mol. The normalized spacial score (nSPS) is 10.4. The minimum absolute atomic E-state index is 0.0855. The third-order valence-electron chi connectivity index (χ3n) is 3.91. The van der Waals surface area contributed by atoms with E-state index in [0.717, 1.165) is 16.9 Å². The lowest BCUT2D eigenvalue weighted by Crippen LogP contribution is -2.25. The molecule has 1 aromatic carbocycles. The number of benzene rings is 1. The van der Waals surface area contributed by atoms with Gasteiger partial charge in [0.1, 0.15) is 12.1 Å². The Kier molecular flexibility index (Phi) is 5.48. The summed E-state index contributed by atoms with van der Waals surface area (Å²) in [6.07, 6.45) is 7.15. The summed E-state index contributed by atoms with van der Waals surface area (Å²) in [5.74, 6) is 1.90. The summed E-state index contributed by atoms with van der Waals surface area (Å²) in [4.78, 5) is 20.7. The summed E-state index contributed by atoms with van der Waals surface area (Å²) in [7, 11) is 3.15. The van der Waals surface area contributed by atoms with Crippen molar-refractivity contribution in [3.05, 3.63) is 66.4 Å². The maximum absolute atomic E-state index is 12.3. The van der Waals surface area contributed by atoms with Gasteiger partial charge in [0.2, 0.25) is 5.91 Å². The van der Waals surface area contributed by atoms with Crippen LogP contribution in [0, 0.1) is 0 Å². The van der Waals surface area contributed by atoms with Crippen LogP contribution in [-0.2, 0) is 17.8 Å². The summed E-state index contributed by atoms with van der Waals surface area (Å²) in [6, 6.07) is 9.22. The van der Waals surface area contributed by atoms with Crippen molar-refractivity contribution >= 4 is 5.91 Å². The molecule has 0 fully saturated rings. The first-order chi connectivity index (χ1) is 12.7. The van der Waals surface area contributed by atoms with Crippen LogP contribution in [0.4, 0.5) is 0 Å². The van der Waals surface area contributed by atoms with E-state index in [9.17, 15) is 4.79 Å². The first-order valence-corrected chi connectivity index (χ1v) is 8.11. The molecule has 134 valence electrons. The third kappa shape index (κ3) is 4.00. The molecule has 0 saturated heterocycles. The lowest BCUT2D eigenvalue weighted by atomic mass is 10.1. The minimum atomic E-state index is -0.0855. The molecule has 0 aliphatic carbocycles. The quantitative estimate of drug-likeness (QED) is 0.705. The van der Waals surface area contributed by atoms with Crippen LogP contribution >= 0.6 is 0 Å². The zero-order chi connectivity index (χ0) is 18.4. The highest BCUT2D eigenvalue weighted by molar-refractivity contribution is 5.78. The zero-order valence-corrected chi connectivity index (χ0v) is 14.7. The van der Waals surface area contributed by atoms with Gasteiger partial charge in [-0.15, -0.1) is 0 Å². The van der Waals surface area contributed by atoms with Crippen molar-refractivity contribution in [1.29, 1.82) is 0 Å². The Bertz CT molecular complexity index is 878. The molecule has 0 spiro atoms. The van der Waals surface area contributed by atoms with Crippen molar-refractivity contribution in [2.24, 2.45) is 0 Å². The molecule has 0 bridgehead atoms. The molecule has 0 aliphatic heterocycles.